The Morgan fingerprint density at radius 2 is 1.70 bits per heavy atom. The Balaban J connectivity index is 1.48. The molecular formula is C23H19IN2O4. The average molecular weight is 514 g/mol. The fourth-order valence-corrected chi connectivity index (χ4v) is 3.09. The topological polar surface area (TPSA) is 77.0 Å². The van der Waals surface area contributed by atoms with Crippen LogP contribution in [-0.2, 0) is 4.79 Å². The van der Waals surface area contributed by atoms with Gasteiger partial charge in [-0.15, -0.1) is 0 Å². The fraction of sp³-hybridized carbons (Fsp3) is 0.0870. The van der Waals surface area contributed by atoms with Crippen LogP contribution in [0.5, 0.6) is 11.5 Å². The average Bonchev–Trinajstić information content (AvgIpc) is 2.74. The number of rotatable bonds is 7. The summed E-state index contributed by atoms with van der Waals surface area (Å²) in [5.74, 6) is 0.305. The summed E-state index contributed by atoms with van der Waals surface area (Å²) < 4.78 is 11.7. The molecule has 152 valence electrons. The first kappa shape index (κ1) is 21.5. The number of aryl methyl sites for hydroxylation is 1. The molecule has 3 rings (SSSR count). The van der Waals surface area contributed by atoms with Crippen LogP contribution in [0.25, 0.3) is 0 Å². The molecule has 0 saturated heterocycles. The van der Waals surface area contributed by atoms with Gasteiger partial charge < -0.3 is 9.47 Å². The van der Waals surface area contributed by atoms with Crippen LogP contribution in [0.3, 0.4) is 0 Å². The number of benzene rings is 3. The largest absolute Gasteiger partial charge is 0.483 e. The van der Waals surface area contributed by atoms with E-state index in [0.717, 1.165) is 14.7 Å². The molecule has 0 radical (unpaired) electrons. The molecule has 3 aromatic carbocycles. The standard InChI is InChI=1S/C23H19IN2O4/c1-16-6-2-5-9-21(16)29-15-22(27)26-25-14-17-10-12-18(13-11-17)30-23(28)19-7-3-4-8-20(19)24/h2-14H,15H2,1H3,(H,26,27). The molecule has 0 aliphatic carbocycles. The lowest BCUT2D eigenvalue weighted by atomic mass is 10.2. The van der Waals surface area contributed by atoms with Crippen LogP contribution in [0, 0.1) is 10.5 Å². The van der Waals surface area contributed by atoms with E-state index < -0.39 is 5.97 Å². The highest BCUT2D eigenvalue weighted by atomic mass is 127. The molecule has 7 heteroatoms. The van der Waals surface area contributed by atoms with Crippen molar-refractivity contribution in [3.63, 3.8) is 0 Å². The number of esters is 1. The molecule has 0 atom stereocenters. The molecule has 0 spiro atoms. The van der Waals surface area contributed by atoms with Crippen LogP contribution in [0.4, 0.5) is 0 Å². The van der Waals surface area contributed by atoms with E-state index in [2.05, 4.69) is 33.1 Å². The predicted octanol–water partition coefficient (Wildman–Crippen LogP) is 4.35. The van der Waals surface area contributed by atoms with E-state index in [1.165, 1.54) is 6.21 Å². The van der Waals surface area contributed by atoms with Gasteiger partial charge in [-0.25, -0.2) is 10.2 Å². The highest BCUT2D eigenvalue weighted by molar-refractivity contribution is 14.1. The van der Waals surface area contributed by atoms with E-state index in [0.29, 0.717) is 17.1 Å². The maximum Gasteiger partial charge on any atom is 0.344 e. The van der Waals surface area contributed by atoms with Crippen molar-refractivity contribution in [3.8, 4) is 11.5 Å². The van der Waals surface area contributed by atoms with E-state index >= 15 is 0 Å². The molecule has 0 unspecified atom stereocenters. The number of hydrogen-bond acceptors (Lipinski definition) is 5. The van der Waals surface area contributed by atoms with Crippen molar-refractivity contribution in [3.05, 3.63) is 93.1 Å². The third-order valence-corrected chi connectivity index (χ3v) is 4.98. The second-order valence-electron chi connectivity index (χ2n) is 6.29. The SMILES string of the molecule is Cc1ccccc1OCC(=O)NN=Cc1ccc(OC(=O)c2ccccc2I)cc1. The number of nitrogens with zero attached hydrogens (tertiary/aromatic N) is 1. The molecule has 0 aliphatic rings. The van der Waals surface area contributed by atoms with E-state index in [1.807, 2.05) is 37.3 Å². The lowest BCUT2D eigenvalue weighted by Gasteiger charge is -2.07. The molecule has 0 bridgehead atoms. The minimum Gasteiger partial charge on any atom is -0.483 e. The number of nitrogens with one attached hydrogen (secondary N) is 1. The normalized spacial score (nSPS) is 10.6. The van der Waals surface area contributed by atoms with Crippen LogP contribution in [0.1, 0.15) is 21.5 Å². The molecule has 6 nitrogen and oxygen atoms in total. The Bertz CT molecular complexity index is 1060. The number of halogens is 1. The predicted molar refractivity (Wildman–Crippen MR) is 123 cm³/mol. The van der Waals surface area contributed by atoms with E-state index in [1.54, 1.807) is 42.5 Å². The molecule has 30 heavy (non-hydrogen) atoms. The molecule has 3 aromatic rings. The van der Waals surface area contributed by atoms with Gasteiger partial charge in [-0.05, 0) is 83.1 Å². The van der Waals surface area contributed by atoms with Crippen LogP contribution >= 0.6 is 22.6 Å². The third kappa shape index (κ3) is 6.15. The molecule has 0 heterocycles. The summed E-state index contributed by atoms with van der Waals surface area (Å²) in [5, 5.41) is 3.91. The van der Waals surface area contributed by atoms with Crippen LogP contribution in [0.2, 0.25) is 0 Å². The van der Waals surface area contributed by atoms with Gasteiger partial charge >= 0.3 is 5.97 Å². The number of ether oxygens (including phenoxy) is 2. The molecular weight excluding hydrogens is 495 g/mol. The van der Waals surface area contributed by atoms with Crippen molar-refractivity contribution in [2.45, 2.75) is 6.92 Å². The fourth-order valence-electron chi connectivity index (χ4n) is 2.48. The zero-order chi connectivity index (χ0) is 21.3. The van der Waals surface area contributed by atoms with Gasteiger partial charge in [0.05, 0.1) is 11.8 Å². The quantitative estimate of drug-likeness (QED) is 0.167. The number of para-hydroxylation sites is 1. The number of hydrogen-bond donors (Lipinski definition) is 1. The van der Waals surface area contributed by atoms with Crippen molar-refractivity contribution in [1.29, 1.82) is 0 Å². The van der Waals surface area contributed by atoms with Crippen molar-refractivity contribution >= 4 is 40.7 Å². The summed E-state index contributed by atoms with van der Waals surface area (Å²) in [6, 6.07) is 21.5. The summed E-state index contributed by atoms with van der Waals surface area (Å²) in [7, 11) is 0. The Hall–Kier alpha value is -3.20. The molecule has 0 aromatic heterocycles. The van der Waals surface area contributed by atoms with Gasteiger partial charge in [0, 0.05) is 3.57 Å². The van der Waals surface area contributed by atoms with E-state index in [9.17, 15) is 9.59 Å². The smallest absolute Gasteiger partial charge is 0.344 e. The van der Waals surface area contributed by atoms with E-state index in [4.69, 9.17) is 9.47 Å². The summed E-state index contributed by atoms with van der Waals surface area (Å²) in [6.45, 7) is 1.78. The summed E-state index contributed by atoms with van der Waals surface area (Å²) >= 11 is 2.09. The first-order chi connectivity index (χ1) is 14.5. The zero-order valence-corrected chi connectivity index (χ0v) is 18.3. The van der Waals surface area contributed by atoms with Gasteiger partial charge in [-0.2, -0.15) is 5.10 Å². The second kappa shape index (κ2) is 10.5. The Morgan fingerprint density at radius 1 is 1.00 bits per heavy atom. The lowest BCUT2D eigenvalue weighted by molar-refractivity contribution is -0.123. The maximum absolute atomic E-state index is 12.2. The first-order valence-electron chi connectivity index (χ1n) is 9.10. The van der Waals surface area contributed by atoms with Crippen molar-refractivity contribution in [1.82, 2.24) is 5.43 Å². The molecule has 0 aliphatic heterocycles. The molecule has 1 N–H and O–H groups in total. The zero-order valence-electron chi connectivity index (χ0n) is 16.2. The lowest BCUT2D eigenvalue weighted by Crippen LogP contribution is -2.24. The van der Waals surface area contributed by atoms with Crippen molar-refractivity contribution in [2.75, 3.05) is 6.61 Å². The number of carbonyl (C=O) groups excluding carboxylic acids is 2. The summed E-state index contributed by atoms with van der Waals surface area (Å²) in [5.41, 5.74) is 4.62. The van der Waals surface area contributed by atoms with Gasteiger partial charge in [0.1, 0.15) is 11.5 Å². The van der Waals surface area contributed by atoms with Crippen LogP contribution in [0.15, 0.2) is 77.9 Å². The Morgan fingerprint density at radius 3 is 2.43 bits per heavy atom. The first-order valence-corrected chi connectivity index (χ1v) is 10.2. The molecule has 0 fully saturated rings. The molecule has 1 amide bonds. The summed E-state index contributed by atoms with van der Waals surface area (Å²) in [4.78, 5) is 24.1. The highest BCUT2D eigenvalue weighted by Gasteiger charge is 2.11. The Labute approximate surface area is 188 Å². The monoisotopic (exact) mass is 514 g/mol. The number of amides is 1. The number of carbonyl (C=O) groups is 2. The minimum atomic E-state index is -0.415. The van der Waals surface area contributed by atoms with E-state index in [-0.39, 0.29) is 12.5 Å². The van der Waals surface area contributed by atoms with Crippen LogP contribution < -0.4 is 14.9 Å². The summed E-state index contributed by atoms with van der Waals surface area (Å²) in [6.07, 6.45) is 1.50. The molecule has 0 saturated carbocycles. The highest BCUT2D eigenvalue weighted by Crippen LogP contribution is 2.17. The Kier molecular flexibility index (Phi) is 7.56. The van der Waals surface area contributed by atoms with Crippen molar-refractivity contribution < 1.29 is 19.1 Å². The van der Waals surface area contributed by atoms with Gasteiger partial charge in [-0.3, -0.25) is 4.79 Å². The third-order valence-electron chi connectivity index (χ3n) is 4.04. The minimum absolute atomic E-state index is 0.130. The second-order valence-corrected chi connectivity index (χ2v) is 7.45. The van der Waals surface area contributed by atoms with Crippen molar-refractivity contribution in [2.24, 2.45) is 5.10 Å². The van der Waals surface area contributed by atoms with Gasteiger partial charge in [0.15, 0.2) is 6.61 Å². The maximum atomic E-state index is 12.2. The van der Waals surface area contributed by atoms with Crippen LogP contribution in [-0.4, -0.2) is 24.7 Å². The number of hydrazone groups is 1. The van der Waals surface area contributed by atoms with Gasteiger partial charge in [0.2, 0.25) is 0 Å². The van der Waals surface area contributed by atoms with Gasteiger partial charge in [0.25, 0.3) is 5.91 Å². The van der Waals surface area contributed by atoms with Gasteiger partial charge in [-0.1, -0.05) is 30.3 Å².